The lowest BCUT2D eigenvalue weighted by atomic mass is 10.1. The van der Waals surface area contributed by atoms with Crippen LogP contribution in [0, 0.1) is 5.92 Å². The fourth-order valence-corrected chi connectivity index (χ4v) is 4.47. The molecule has 0 aromatic heterocycles. The first-order valence-electron chi connectivity index (χ1n) is 8.74. The molecule has 3 atom stereocenters. The first kappa shape index (κ1) is 22.2. The SMILES string of the molecule is CCOC(=O)CCP(=O)(O)C(NC(=O)OCc1ccccc1)C(C)CC. The Hall–Kier alpha value is -1.85. The number of esters is 1. The number of benzene rings is 1. The molecule has 0 heterocycles. The molecule has 146 valence electrons. The summed E-state index contributed by atoms with van der Waals surface area (Å²) < 4.78 is 22.6. The number of amides is 1. The summed E-state index contributed by atoms with van der Waals surface area (Å²) >= 11 is 0. The average molecular weight is 385 g/mol. The predicted octanol–water partition coefficient (Wildman–Crippen LogP) is 3.51. The van der Waals surface area contributed by atoms with E-state index in [1.807, 2.05) is 37.3 Å². The van der Waals surface area contributed by atoms with Crippen molar-refractivity contribution in [1.29, 1.82) is 0 Å². The number of carbonyl (C=O) groups excluding carboxylic acids is 2. The molecule has 2 N–H and O–H groups in total. The van der Waals surface area contributed by atoms with E-state index in [-0.39, 0.29) is 31.7 Å². The Kier molecular flexibility index (Phi) is 9.38. The van der Waals surface area contributed by atoms with Crippen LogP contribution in [0.3, 0.4) is 0 Å². The Labute approximate surface area is 154 Å². The Morgan fingerprint density at radius 3 is 2.42 bits per heavy atom. The predicted molar refractivity (Wildman–Crippen MR) is 98.9 cm³/mol. The summed E-state index contributed by atoms with van der Waals surface area (Å²) in [5.41, 5.74) is 0.817. The second-order valence-electron chi connectivity index (χ2n) is 6.07. The Balaban J connectivity index is 2.68. The molecule has 1 rings (SSSR count). The average Bonchev–Trinajstić information content (AvgIpc) is 2.63. The highest BCUT2D eigenvalue weighted by Gasteiger charge is 2.36. The zero-order valence-corrected chi connectivity index (χ0v) is 16.4. The molecule has 0 aliphatic carbocycles. The van der Waals surface area contributed by atoms with Gasteiger partial charge in [-0.05, 0) is 18.4 Å². The molecule has 7 nitrogen and oxygen atoms in total. The van der Waals surface area contributed by atoms with Gasteiger partial charge >= 0.3 is 12.1 Å². The standard InChI is InChI=1S/C18H28NO6P/c1-4-14(3)17(26(22,23)12-11-16(20)24-5-2)19-18(21)25-13-15-9-7-6-8-10-15/h6-10,14,17H,4-5,11-13H2,1-3H3,(H,19,21)(H,22,23). The molecule has 8 heteroatoms. The van der Waals surface area contributed by atoms with Crippen molar-refractivity contribution in [2.24, 2.45) is 5.92 Å². The zero-order valence-electron chi connectivity index (χ0n) is 15.5. The van der Waals surface area contributed by atoms with E-state index in [1.165, 1.54) is 0 Å². The van der Waals surface area contributed by atoms with Crippen LogP contribution in [0.25, 0.3) is 0 Å². The summed E-state index contributed by atoms with van der Waals surface area (Å²) in [6.45, 7) is 5.59. The number of rotatable bonds is 10. The summed E-state index contributed by atoms with van der Waals surface area (Å²) in [4.78, 5) is 33.9. The highest BCUT2D eigenvalue weighted by atomic mass is 31.2. The van der Waals surface area contributed by atoms with Crippen molar-refractivity contribution in [3.05, 3.63) is 35.9 Å². The molecule has 0 aliphatic heterocycles. The van der Waals surface area contributed by atoms with Gasteiger partial charge in [-0.2, -0.15) is 0 Å². The second kappa shape index (κ2) is 11.0. The van der Waals surface area contributed by atoms with Crippen LogP contribution in [0.2, 0.25) is 0 Å². The number of hydrogen-bond acceptors (Lipinski definition) is 5. The van der Waals surface area contributed by atoms with Gasteiger partial charge in [-0.15, -0.1) is 0 Å². The first-order chi connectivity index (χ1) is 12.3. The summed E-state index contributed by atoms with van der Waals surface area (Å²) in [5, 5.41) is 2.51. The van der Waals surface area contributed by atoms with Gasteiger partial charge in [-0.25, -0.2) is 4.79 Å². The molecular weight excluding hydrogens is 357 g/mol. The van der Waals surface area contributed by atoms with Crippen molar-refractivity contribution in [2.45, 2.75) is 46.0 Å². The van der Waals surface area contributed by atoms with E-state index < -0.39 is 25.2 Å². The number of ether oxygens (including phenoxy) is 2. The molecule has 0 bridgehead atoms. The smallest absolute Gasteiger partial charge is 0.408 e. The fraction of sp³-hybridized carbons (Fsp3) is 0.556. The van der Waals surface area contributed by atoms with Gasteiger partial charge in [0.2, 0.25) is 7.37 Å². The summed E-state index contributed by atoms with van der Waals surface area (Å²) in [6.07, 6.45) is -0.590. The zero-order chi connectivity index (χ0) is 19.6. The van der Waals surface area contributed by atoms with Gasteiger partial charge in [-0.1, -0.05) is 50.6 Å². The van der Waals surface area contributed by atoms with E-state index in [2.05, 4.69) is 5.32 Å². The summed E-state index contributed by atoms with van der Waals surface area (Å²) in [6, 6.07) is 9.14. The maximum atomic E-state index is 12.7. The normalized spacial score (nSPS) is 15.4. The highest BCUT2D eigenvalue weighted by Crippen LogP contribution is 2.49. The van der Waals surface area contributed by atoms with Crippen LogP contribution in [0.1, 0.15) is 39.2 Å². The minimum atomic E-state index is -3.82. The molecule has 1 aromatic rings. The van der Waals surface area contributed by atoms with Crippen LogP contribution in [-0.2, 0) is 25.4 Å². The Bertz CT molecular complexity index is 621. The van der Waals surface area contributed by atoms with Crippen LogP contribution < -0.4 is 5.32 Å². The van der Waals surface area contributed by atoms with Crippen LogP contribution >= 0.6 is 7.37 Å². The monoisotopic (exact) mass is 385 g/mol. The topological polar surface area (TPSA) is 102 Å². The van der Waals surface area contributed by atoms with Crippen molar-refractivity contribution in [2.75, 3.05) is 12.8 Å². The van der Waals surface area contributed by atoms with Gasteiger partial charge in [0, 0.05) is 6.16 Å². The van der Waals surface area contributed by atoms with Gasteiger partial charge in [0.25, 0.3) is 0 Å². The number of alkyl carbamates (subject to hydrolysis) is 1. The van der Waals surface area contributed by atoms with Crippen molar-refractivity contribution in [3.63, 3.8) is 0 Å². The maximum absolute atomic E-state index is 12.7. The quantitative estimate of drug-likeness (QED) is 0.472. The molecule has 0 radical (unpaired) electrons. The summed E-state index contributed by atoms with van der Waals surface area (Å²) in [7, 11) is -3.82. The van der Waals surface area contributed by atoms with Gasteiger partial charge < -0.3 is 19.7 Å². The van der Waals surface area contributed by atoms with Crippen LogP contribution in [-0.4, -0.2) is 35.5 Å². The number of nitrogens with one attached hydrogen (secondary N) is 1. The molecule has 1 aromatic carbocycles. The highest BCUT2D eigenvalue weighted by molar-refractivity contribution is 7.58. The molecule has 0 saturated heterocycles. The first-order valence-corrected chi connectivity index (χ1v) is 10.7. The fourth-order valence-electron chi connectivity index (χ4n) is 2.37. The Morgan fingerprint density at radius 1 is 1.19 bits per heavy atom. The minimum absolute atomic E-state index is 0.0679. The number of hydrogen-bond donors (Lipinski definition) is 2. The van der Waals surface area contributed by atoms with Crippen LogP contribution in [0.15, 0.2) is 30.3 Å². The van der Waals surface area contributed by atoms with Gasteiger partial charge in [-0.3, -0.25) is 9.36 Å². The molecule has 26 heavy (non-hydrogen) atoms. The molecule has 3 unspecified atom stereocenters. The third-order valence-electron chi connectivity index (χ3n) is 4.04. The van der Waals surface area contributed by atoms with E-state index in [4.69, 9.17) is 9.47 Å². The van der Waals surface area contributed by atoms with E-state index in [1.54, 1.807) is 13.8 Å². The van der Waals surface area contributed by atoms with Gasteiger partial charge in [0.1, 0.15) is 12.4 Å². The van der Waals surface area contributed by atoms with Gasteiger partial charge in [0.05, 0.1) is 13.0 Å². The van der Waals surface area contributed by atoms with E-state index >= 15 is 0 Å². The van der Waals surface area contributed by atoms with E-state index in [0.717, 1.165) is 5.56 Å². The molecule has 1 amide bonds. The van der Waals surface area contributed by atoms with Crippen LogP contribution in [0.4, 0.5) is 4.79 Å². The van der Waals surface area contributed by atoms with Gasteiger partial charge in [0.15, 0.2) is 0 Å². The maximum Gasteiger partial charge on any atom is 0.408 e. The largest absolute Gasteiger partial charge is 0.466 e. The van der Waals surface area contributed by atoms with E-state index in [9.17, 15) is 19.0 Å². The molecule has 0 aliphatic rings. The minimum Gasteiger partial charge on any atom is -0.466 e. The third kappa shape index (κ3) is 7.58. The lowest BCUT2D eigenvalue weighted by Crippen LogP contribution is -2.40. The lowest BCUT2D eigenvalue weighted by Gasteiger charge is -2.28. The summed E-state index contributed by atoms with van der Waals surface area (Å²) in [5.74, 6) is -1.76. The second-order valence-corrected chi connectivity index (χ2v) is 8.59. The molecule has 0 saturated carbocycles. The molecule has 0 fully saturated rings. The lowest BCUT2D eigenvalue weighted by molar-refractivity contribution is -0.142. The number of carbonyl (C=O) groups is 2. The van der Waals surface area contributed by atoms with Crippen molar-refractivity contribution >= 4 is 19.4 Å². The van der Waals surface area contributed by atoms with Crippen molar-refractivity contribution in [1.82, 2.24) is 5.32 Å². The van der Waals surface area contributed by atoms with Crippen molar-refractivity contribution < 1.29 is 28.5 Å². The van der Waals surface area contributed by atoms with E-state index in [0.29, 0.717) is 6.42 Å². The third-order valence-corrected chi connectivity index (χ3v) is 6.41. The van der Waals surface area contributed by atoms with Crippen LogP contribution in [0.5, 0.6) is 0 Å². The molecule has 0 spiro atoms. The van der Waals surface area contributed by atoms with Crippen molar-refractivity contribution in [3.8, 4) is 0 Å². The molecular formula is C18H28NO6P. The Morgan fingerprint density at radius 2 is 1.85 bits per heavy atom.